The Morgan fingerprint density at radius 1 is 0.939 bits per heavy atom. The van der Waals surface area contributed by atoms with Crippen LogP contribution in [0.15, 0.2) is 53.2 Å². The number of methoxy groups -OCH3 is 3. The Morgan fingerprint density at radius 2 is 1.73 bits per heavy atom. The van der Waals surface area contributed by atoms with Crippen molar-refractivity contribution in [1.29, 1.82) is 0 Å². The Kier molecular flexibility index (Phi) is 5.75. The van der Waals surface area contributed by atoms with E-state index < -0.39 is 0 Å². The molecule has 8 heteroatoms. The standard InChI is InChI=1S/C25H26N4O4/c1-30-21-10-16(11-22(31-2)25(21)32-3)20-13-19-24(33-20)18(6-9-27-19)15-4-8-28-23(12-15)29-17-5-7-26-14-17/h4,6,8-13,17,26H,5,7,14H2,1-3H3,(H,28,29). The summed E-state index contributed by atoms with van der Waals surface area (Å²) in [5.74, 6) is 3.17. The van der Waals surface area contributed by atoms with E-state index in [9.17, 15) is 0 Å². The van der Waals surface area contributed by atoms with Crippen LogP contribution in [0, 0.1) is 0 Å². The lowest BCUT2D eigenvalue weighted by atomic mass is 10.1. The molecule has 2 N–H and O–H groups in total. The predicted octanol–water partition coefficient (Wildman–Crippen LogP) is 4.36. The summed E-state index contributed by atoms with van der Waals surface area (Å²) in [5.41, 5.74) is 4.24. The van der Waals surface area contributed by atoms with Gasteiger partial charge in [0.1, 0.15) is 17.1 Å². The molecule has 1 aliphatic heterocycles. The lowest BCUT2D eigenvalue weighted by molar-refractivity contribution is 0.324. The number of rotatable bonds is 7. The van der Waals surface area contributed by atoms with E-state index in [-0.39, 0.29) is 0 Å². The van der Waals surface area contributed by atoms with Crippen molar-refractivity contribution in [2.45, 2.75) is 12.5 Å². The highest BCUT2D eigenvalue weighted by molar-refractivity contribution is 5.93. The number of hydrogen-bond acceptors (Lipinski definition) is 8. The van der Waals surface area contributed by atoms with Crippen molar-refractivity contribution in [1.82, 2.24) is 15.3 Å². The minimum atomic E-state index is 0.389. The van der Waals surface area contributed by atoms with Gasteiger partial charge in [-0.2, -0.15) is 0 Å². The molecular formula is C25H26N4O4. The Balaban J connectivity index is 1.55. The Bertz CT molecular complexity index is 1260. The first kappa shape index (κ1) is 21.1. The molecule has 0 spiro atoms. The number of furan rings is 1. The molecular weight excluding hydrogens is 420 g/mol. The van der Waals surface area contributed by atoms with Gasteiger partial charge in [0, 0.05) is 42.2 Å². The second kappa shape index (κ2) is 8.99. The van der Waals surface area contributed by atoms with Crippen molar-refractivity contribution < 1.29 is 18.6 Å². The van der Waals surface area contributed by atoms with E-state index in [4.69, 9.17) is 18.6 Å². The Hall–Kier alpha value is -3.78. The summed E-state index contributed by atoms with van der Waals surface area (Å²) in [6.07, 6.45) is 4.69. The minimum Gasteiger partial charge on any atom is -0.493 e. The number of nitrogens with one attached hydrogen (secondary N) is 2. The molecule has 1 atom stereocenters. The first-order chi connectivity index (χ1) is 16.2. The zero-order valence-corrected chi connectivity index (χ0v) is 18.8. The zero-order valence-electron chi connectivity index (χ0n) is 18.8. The number of hydrogen-bond donors (Lipinski definition) is 2. The first-order valence-electron chi connectivity index (χ1n) is 10.8. The molecule has 1 aliphatic rings. The summed E-state index contributed by atoms with van der Waals surface area (Å²) >= 11 is 0. The summed E-state index contributed by atoms with van der Waals surface area (Å²) in [6, 6.07) is 12.0. The third-order valence-corrected chi connectivity index (χ3v) is 5.84. The van der Waals surface area contributed by atoms with Gasteiger partial charge in [0.15, 0.2) is 17.1 Å². The number of ether oxygens (including phenoxy) is 3. The third kappa shape index (κ3) is 4.05. The molecule has 1 saturated heterocycles. The molecule has 8 nitrogen and oxygen atoms in total. The monoisotopic (exact) mass is 446 g/mol. The second-order valence-corrected chi connectivity index (χ2v) is 7.86. The molecule has 1 unspecified atom stereocenters. The number of aromatic nitrogens is 2. The predicted molar refractivity (Wildman–Crippen MR) is 127 cm³/mol. The highest BCUT2D eigenvalue weighted by Crippen LogP contribution is 2.42. The molecule has 4 heterocycles. The van der Waals surface area contributed by atoms with Gasteiger partial charge in [-0.25, -0.2) is 4.98 Å². The zero-order chi connectivity index (χ0) is 22.8. The van der Waals surface area contributed by atoms with Gasteiger partial charge in [0.05, 0.1) is 21.3 Å². The van der Waals surface area contributed by atoms with Crippen molar-refractivity contribution in [3.63, 3.8) is 0 Å². The van der Waals surface area contributed by atoms with E-state index in [0.717, 1.165) is 47.5 Å². The number of pyridine rings is 2. The summed E-state index contributed by atoms with van der Waals surface area (Å²) in [4.78, 5) is 9.01. The van der Waals surface area contributed by atoms with Gasteiger partial charge in [-0.3, -0.25) is 4.98 Å². The van der Waals surface area contributed by atoms with Crippen LogP contribution in [0.5, 0.6) is 17.2 Å². The lowest BCUT2D eigenvalue weighted by Crippen LogP contribution is -2.22. The summed E-state index contributed by atoms with van der Waals surface area (Å²) in [7, 11) is 4.77. The van der Waals surface area contributed by atoms with Gasteiger partial charge in [0.2, 0.25) is 5.75 Å². The van der Waals surface area contributed by atoms with Crippen molar-refractivity contribution in [3.05, 3.63) is 48.8 Å². The molecule has 0 radical (unpaired) electrons. The average Bonchev–Trinajstić information content (AvgIpc) is 3.53. The number of nitrogens with zero attached hydrogens (tertiary/aromatic N) is 2. The highest BCUT2D eigenvalue weighted by Gasteiger charge is 2.19. The summed E-state index contributed by atoms with van der Waals surface area (Å²) in [6.45, 7) is 1.97. The average molecular weight is 447 g/mol. The molecule has 4 aromatic rings. The van der Waals surface area contributed by atoms with E-state index in [2.05, 4.69) is 26.7 Å². The molecule has 33 heavy (non-hydrogen) atoms. The van der Waals surface area contributed by atoms with E-state index in [1.807, 2.05) is 36.5 Å². The van der Waals surface area contributed by atoms with Crippen molar-refractivity contribution >= 4 is 16.9 Å². The molecule has 170 valence electrons. The molecule has 0 amide bonds. The normalized spacial score (nSPS) is 15.5. The van der Waals surface area contributed by atoms with E-state index >= 15 is 0 Å². The first-order valence-corrected chi connectivity index (χ1v) is 10.8. The smallest absolute Gasteiger partial charge is 0.203 e. The van der Waals surface area contributed by atoms with Crippen LogP contribution in [0.1, 0.15) is 6.42 Å². The Labute approximate surface area is 191 Å². The molecule has 5 rings (SSSR count). The van der Waals surface area contributed by atoms with E-state index in [1.165, 1.54) is 0 Å². The van der Waals surface area contributed by atoms with Crippen LogP contribution >= 0.6 is 0 Å². The van der Waals surface area contributed by atoms with Gasteiger partial charge < -0.3 is 29.3 Å². The molecule has 0 saturated carbocycles. The van der Waals surface area contributed by atoms with Crippen LogP contribution < -0.4 is 24.8 Å². The van der Waals surface area contributed by atoms with Gasteiger partial charge in [-0.15, -0.1) is 0 Å². The van der Waals surface area contributed by atoms with Crippen LogP contribution in [-0.2, 0) is 0 Å². The van der Waals surface area contributed by atoms with E-state index in [1.54, 1.807) is 27.5 Å². The molecule has 0 bridgehead atoms. The van der Waals surface area contributed by atoms with E-state index in [0.29, 0.717) is 34.6 Å². The van der Waals surface area contributed by atoms with Crippen LogP contribution in [0.4, 0.5) is 5.82 Å². The minimum absolute atomic E-state index is 0.389. The fraction of sp³-hybridized carbons (Fsp3) is 0.280. The Morgan fingerprint density at radius 3 is 2.42 bits per heavy atom. The summed E-state index contributed by atoms with van der Waals surface area (Å²) < 4.78 is 22.7. The van der Waals surface area contributed by atoms with Gasteiger partial charge >= 0.3 is 0 Å². The SMILES string of the molecule is COc1cc(-c2cc3nccc(-c4ccnc(NC5CCNC5)c4)c3o2)cc(OC)c1OC. The maximum atomic E-state index is 6.32. The molecule has 0 aliphatic carbocycles. The number of fused-ring (bicyclic) bond motifs is 1. The van der Waals surface area contributed by atoms with Crippen molar-refractivity contribution in [3.8, 4) is 39.7 Å². The quantitative estimate of drug-likeness (QED) is 0.433. The maximum absolute atomic E-state index is 6.32. The topological polar surface area (TPSA) is 90.7 Å². The largest absolute Gasteiger partial charge is 0.493 e. The fourth-order valence-corrected chi connectivity index (χ4v) is 4.19. The van der Waals surface area contributed by atoms with Crippen LogP contribution in [0.3, 0.4) is 0 Å². The molecule has 3 aromatic heterocycles. The molecule has 1 fully saturated rings. The van der Waals surface area contributed by atoms with Crippen LogP contribution in [-0.4, -0.2) is 50.4 Å². The molecule has 1 aromatic carbocycles. The number of anilines is 1. The lowest BCUT2D eigenvalue weighted by Gasteiger charge is -2.13. The number of benzene rings is 1. The van der Waals surface area contributed by atoms with Gasteiger partial charge in [0.25, 0.3) is 0 Å². The second-order valence-electron chi connectivity index (χ2n) is 7.86. The summed E-state index contributed by atoms with van der Waals surface area (Å²) in [5, 5.41) is 6.87. The van der Waals surface area contributed by atoms with Crippen molar-refractivity contribution in [2.75, 3.05) is 39.7 Å². The van der Waals surface area contributed by atoms with Crippen LogP contribution in [0.2, 0.25) is 0 Å². The maximum Gasteiger partial charge on any atom is 0.203 e. The van der Waals surface area contributed by atoms with Gasteiger partial charge in [-0.1, -0.05) is 0 Å². The fourth-order valence-electron chi connectivity index (χ4n) is 4.19. The van der Waals surface area contributed by atoms with Crippen molar-refractivity contribution in [2.24, 2.45) is 0 Å². The highest BCUT2D eigenvalue weighted by atomic mass is 16.5. The van der Waals surface area contributed by atoms with Gasteiger partial charge in [-0.05, 0) is 48.9 Å². The third-order valence-electron chi connectivity index (χ3n) is 5.84. The van der Waals surface area contributed by atoms with Crippen LogP contribution in [0.25, 0.3) is 33.6 Å².